The van der Waals surface area contributed by atoms with Gasteiger partial charge in [-0.15, -0.1) is 11.8 Å². The molecule has 0 radical (unpaired) electrons. The van der Waals surface area contributed by atoms with Gasteiger partial charge >= 0.3 is 0 Å². The number of carbonyl (C=O) groups excluding carboxylic acids is 3. The first-order valence-corrected chi connectivity index (χ1v) is 9.69. The highest BCUT2D eigenvalue weighted by Crippen LogP contribution is 2.25. The highest BCUT2D eigenvalue weighted by atomic mass is 32.2. The first-order chi connectivity index (χ1) is 12.0. The summed E-state index contributed by atoms with van der Waals surface area (Å²) in [7, 11) is 0. The Morgan fingerprint density at radius 2 is 2.00 bits per heavy atom. The maximum absolute atomic E-state index is 12.6. The van der Waals surface area contributed by atoms with Crippen LogP contribution in [-0.2, 0) is 14.4 Å². The van der Waals surface area contributed by atoms with Gasteiger partial charge in [-0.2, -0.15) is 0 Å². The van der Waals surface area contributed by atoms with Crippen molar-refractivity contribution in [2.24, 2.45) is 0 Å². The fourth-order valence-corrected chi connectivity index (χ4v) is 4.22. The van der Waals surface area contributed by atoms with E-state index in [1.54, 1.807) is 16.7 Å². The van der Waals surface area contributed by atoms with Crippen LogP contribution in [0.5, 0.6) is 0 Å². The molecule has 2 atom stereocenters. The summed E-state index contributed by atoms with van der Waals surface area (Å²) in [5, 5.41) is 5.59. The summed E-state index contributed by atoms with van der Waals surface area (Å²) in [6, 6.07) is 6.78. The molecular formula is C18H23N3O3S. The van der Waals surface area contributed by atoms with Gasteiger partial charge in [0.25, 0.3) is 0 Å². The summed E-state index contributed by atoms with van der Waals surface area (Å²) in [5.41, 5.74) is 1.94. The Hall–Kier alpha value is -2.02. The number of thioether (sulfide) groups is 1. The van der Waals surface area contributed by atoms with E-state index in [-0.39, 0.29) is 17.7 Å². The van der Waals surface area contributed by atoms with Crippen LogP contribution in [0.4, 0.5) is 5.69 Å². The van der Waals surface area contributed by atoms with Crippen molar-refractivity contribution in [3.63, 3.8) is 0 Å². The summed E-state index contributed by atoms with van der Waals surface area (Å²) >= 11 is 1.56. The lowest BCUT2D eigenvalue weighted by Gasteiger charge is -2.25. The highest BCUT2D eigenvalue weighted by Gasteiger charge is 2.39. The quantitative estimate of drug-likeness (QED) is 0.859. The molecule has 6 nitrogen and oxygen atoms in total. The Balaban J connectivity index is 1.64. The molecule has 3 amide bonds. The average Bonchev–Trinajstić information content (AvgIpc) is 3.23. The van der Waals surface area contributed by atoms with Gasteiger partial charge in [0.15, 0.2) is 0 Å². The molecule has 2 fully saturated rings. The molecule has 3 rings (SSSR count). The fraction of sp³-hybridized carbons (Fsp3) is 0.500. The van der Waals surface area contributed by atoms with Crippen molar-refractivity contribution in [2.75, 3.05) is 16.9 Å². The smallest absolute Gasteiger partial charge is 0.248 e. The number of amides is 3. The van der Waals surface area contributed by atoms with E-state index in [0.29, 0.717) is 30.4 Å². The van der Waals surface area contributed by atoms with Gasteiger partial charge in [-0.25, -0.2) is 0 Å². The first kappa shape index (κ1) is 17.8. The maximum atomic E-state index is 12.6. The van der Waals surface area contributed by atoms with Gasteiger partial charge in [-0.3, -0.25) is 14.4 Å². The lowest BCUT2D eigenvalue weighted by molar-refractivity contribution is -0.138. The van der Waals surface area contributed by atoms with Crippen LogP contribution in [0.15, 0.2) is 24.3 Å². The molecule has 0 spiro atoms. The number of rotatable bonds is 4. The van der Waals surface area contributed by atoms with Crippen LogP contribution in [0.25, 0.3) is 0 Å². The third kappa shape index (κ3) is 3.98. The van der Waals surface area contributed by atoms with Crippen molar-refractivity contribution in [3.8, 4) is 0 Å². The molecule has 2 saturated heterocycles. The van der Waals surface area contributed by atoms with Gasteiger partial charge in [-0.1, -0.05) is 26.0 Å². The Morgan fingerprint density at radius 3 is 2.60 bits per heavy atom. The number of hydrogen-bond acceptors (Lipinski definition) is 4. The lowest BCUT2D eigenvalue weighted by atomic mass is 10.0. The molecule has 134 valence electrons. The zero-order chi connectivity index (χ0) is 18.0. The molecule has 25 heavy (non-hydrogen) atoms. The van der Waals surface area contributed by atoms with Crippen LogP contribution >= 0.6 is 11.8 Å². The molecular weight excluding hydrogens is 338 g/mol. The van der Waals surface area contributed by atoms with Gasteiger partial charge in [0.05, 0.1) is 5.88 Å². The fourth-order valence-electron chi connectivity index (χ4n) is 3.05. The van der Waals surface area contributed by atoms with E-state index >= 15 is 0 Å². The van der Waals surface area contributed by atoms with Gasteiger partial charge < -0.3 is 15.5 Å². The predicted octanol–water partition coefficient (Wildman–Crippen LogP) is 1.93. The SMILES string of the molecule is CC(C)c1ccc(NC(=O)[C@@H]2CSCN2C(=O)[C@H]2CCC(=O)N2)cc1. The second-order valence-electron chi connectivity index (χ2n) is 6.75. The summed E-state index contributed by atoms with van der Waals surface area (Å²) in [6.45, 7) is 4.24. The number of nitrogens with zero attached hydrogens (tertiary/aromatic N) is 1. The van der Waals surface area contributed by atoms with E-state index in [1.807, 2.05) is 24.3 Å². The van der Waals surface area contributed by atoms with E-state index in [9.17, 15) is 14.4 Å². The van der Waals surface area contributed by atoms with Crippen molar-refractivity contribution in [3.05, 3.63) is 29.8 Å². The number of benzene rings is 1. The monoisotopic (exact) mass is 361 g/mol. The molecule has 7 heteroatoms. The van der Waals surface area contributed by atoms with Crippen LogP contribution in [-0.4, -0.2) is 46.3 Å². The van der Waals surface area contributed by atoms with Gasteiger partial charge in [0.2, 0.25) is 17.7 Å². The van der Waals surface area contributed by atoms with E-state index in [0.717, 1.165) is 5.69 Å². The Labute approximate surface area is 151 Å². The summed E-state index contributed by atoms with van der Waals surface area (Å²) in [4.78, 5) is 38.1. The molecule has 0 aliphatic carbocycles. The van der Waals surface area contributed by atoms with E-state index in [2.05, 4.69) is 24.5 Å². The van der Waals surface area contributed by atoms with Gasteiger partial charge in [-0.05, 0) is 30.0 Å². The topological polar surface area (TPSA) is 78.5 Å². The average molecular weight is 361 g/mol. The molecule has 2 N–H and O–H groups in total. The van der Waals surface area contributed by atoms with Gasteiger partial charge in [0.1, 0.15) is 12.1 Å². The number of carbonyl (C=O) groups is 3. The van der Waals surface area contributed by atoms with Crippen molar-refractivity contribution in [1.29, 1.82) is 0 Å². The molecule has 1 aromatic carbocycles. The normalized spacial score (nSPS) is 23.0. The third-order valence-electron chi connectivity index (χ3n) is 4.61. The van der Waals surface area contributed by atoms with E-state index in [4.69, 9.17) is 0 Å². The Bertz CT molecular complexity index is 675. The van der Waals surface area contributed by atoms with E-state index < -0.39 is 12.1 Å². The van der Waals surface area contributed by atoms with E-state index in [1.165, 1.54) is 5.56 Å². The van der Waals surface area contributed by atoms with Crippen LogP contribution in [0.3, 0.4) is 0 Å². The standard InChI is InChI=1S/C18H23N3O3S/c1-11(2)12-3-5-13(6-4-12)19-17(23)15-9-25-10-21(15)18(24)14-7-8-16(22)20-14/h3-6,11,14-15H,7-10H2,1-2H3,(H,19,23)(H,20,22)/t14-,15+/m1/s1. The van der Waals surface area contributed by atoms with Crippen LogP contribution in [0, 0.1) is 0 Å². The maximum Gasteiger partial charge on any atom is 0.248 e. The minimum absolute atomic E-state index is 0.101. The Morgan fingerprint density at radius 1 is 1.28 bits per heavy atom. The number of hydrogen-bond donors (Lipinski definition) is 2. The molecule has 2 aliphatic heterocycles. The highest BCUT2D eigenvalue weighted by molar-refractivity contribution is 7.99. The molecule has 0 unspecified atom stereocenters. The molecule has 0 bridgehead atoms. The van der Waals surface area contributed by atoms with Crippen LogP contribution < -0.4 is 10.6 Å². The second kappa shape index (κ2) is 7.47. The minimum atomic E-state index is -0.500. The zero-order valence-electron chi connectivity index (χ0n) is 14.5. The summed E-state index contributed by atoms with van der Waals surface area (Å²) in [5.74, 6) is 1.05. The van der Waals surface area contributed by atoms with Gasteiger partial charge in [0, 0.05) is 17.9 Å². The summed E-state index contributed by atoms with van der Waals surface area (Å²) in [6.07, 6.45) is 0.875. The first-order valence-electron chi connectivity index (χ1n) is 8.54. The van der Waals surface area contributed by atoms with Crippen molar-refractivity contribution < 1.29 is 14.4 Å². The van der Waals surface area contributed by atoms with Crippen molar-refractivity contribution in [1.82, 2.24) is 10.2 Å². The lowest BCUT2D eigenvalue weighted by Crippen LogP contribution is -2.50. The Kier molecular flexibility index (Phi) is 5.32. The predicted molar refractivity (Wildman–Crippen MR) is 98.3 cm³/mol. The van der Waals surface area contributed by atoms with Crippen LogP contribution in [0.2, 0.25) is 0 Å². The van der Waals surface area contributed by atoms with Crippen molar-refractivity contribution in [2.45, 2.75) is 44.7 Å². The minimum Gasteiger partial charge on any atom is -0.344 e. The summed E-state index contributed by atoms with van der Waals surface area (Å²) < 4.78 is 0. The number of nitrogens with one attached hydrogen (secondary N) is 2. The number of anilines is 1. The molecule has 0 aromatic heterocycles. The third-order valence-corrected chi connectivity index (χ3v) is 5.62. The largest absolute Gasteiger partial charge is 0.344 e. The zero-order valence-corrected chi connectivity index (χ0v) is 15.3. The molecule has 2 heterocycles. The van der Waals surface area contributed by atoms with Crippen molar-refractivity contribution >= 4 is 35.2 Å². The second-order valence-corrected chi connectivity index (χ2v) is 7.75. The molecule has 1 aromatic rings. The molecule has 2 aliphatic rings. The van der Waals surface area contributed by atoms with Crippen LogP contribution in [0.1, 0.15) is 38.2 Å². The molecule has 0 saturated carbocycles.